The van der Waals surface area contributed by atoms with Gasteiger partial charge in [0.1, 0.15) is 5.60 Å². The van der Waals surface area contributed by atoms with Crippen molar-refractivity contribution in [2.24, 2.45) is 0 Å². The van der Waals surface area contributed by atoms with Gasteiger partial charge in [0, 0.05) is 37.6 Å². The van der Waals surface area contributed by atoms with Gasteiger partial charge in [-0.1, -0.05) is 6.92 Å². The molecule has 1 heterocycles. The van der Waals surface area contributed by atoms with Crippen LogP contribution in [0.1, 0.15) is 33.3 Å². The molecular formula is C18H29N3O2. The molecule has 128 valence electrons. The number of nitrogens with one attached hydrogen (secondary N) is 1. The fourth-order valence-corrected chi connectivity index (χ4v) is 2.72. The van der Waals surface area contributed by atoms with Crippen LogP contribution in [0.5, 0.6) is 0 Å². The Morgan fingerprint density at radius 2 is 1.87 bits per heavy atom. The molecule has 1 fully saturated rings. The predicted molar refractivity (Wildman–Crippen MR) is 95.4 cm³/mol. The summed E-state index contributed by atoms with van der Waals surface area (Å²) in [5.74, 6) is 0. The number of nitrogens with zero attached hydrogens (tertiary/aromatic N) is 2. The summed E-state index contributed by atoms with van der Waals surface area (Å²) < 4.78 is 5.30. The summed E-state index contributed by atoms with van der Waals surface area (Å²) in [4.78, 5) is 16.7. The smallest absolute Gasteiger partial charge is 0.412 e. The van der Waals surface area contributed by atoms with Gasteiger partial charge < -0.3 is 14.5 Å². The minimum absolute atomic E-state index is 0.412. The Kier molecular flexibility index (Phi) is 5.52. The molecule has 1 amide bonds. The molecule has 1 N–H and O–H groups in total. The quantitative estimate of drug-likeness (QED) is 0.926. The second-order valence-corrected chi connectivity index (χ2v) is 7.05. The molecule has 1 aliphatic heterocycles. The van der Waals surface area contributed by atoms with Crippen LogP contribution >= 0.6 is 0 Å². The maximum absolute atomic E-state index is 11.9. The lowest BCUT2D eigenvalue weighted by Gasteiger charge is -2.35. The van der Waals surface area contributed by atoms with Gasteiger partial charge in [-0.3, -0.25) is 5.32 Å². The van der Waals surface area contributed by atoms with E-state index in [1.807, 2.05) is 33.8 Å². The van der Waals surface area contributed by atoms with Crippen molar-refractivity contribution in [2.45, 2.75) is 40.2 Å². The first-order chi connectivity index (χ1) is 10.8. The lowest BCUT2D eigenvalue weighted by molar-refractivity contribution is 0.0636. The zero-order valence-electron chi connectivity index (χ0n) is 15.0. The van der Waals surface area contributed by atoms with E-state index in [2.05, 4.69) is 34.2 Å². The number of aryl methyl sites for hydroxylation is 1. The van der Waals surface area contributed by atoms with E-state index in [1.54, 1.807) is 0 Å². The molecule has 5 nitrogen and oxygen atoms in total. The number of ether oxygens (including phenoxy) is 1. The summed E-state index contributed by atoms with van der Waals surface area (Å²) in [5.41, 5.74) is 2.58. The maximum Gasteiger partial charge on any atom is 0.412 e. The number of rotatable bonds is 3. The maximum atomic E-state index is 11.9. The molecule has 1 aliphatic rings. The molecule has 0 atom stereocenters. The molecule has 2 rings (SSSR count). The summed E-state index contributed by atoms with van der Waals surface area (Å²) in [7, 11) is 0. The van der Waals surface area contributed by atoms with E-state index in [4.69, 9.17) is 4.74 Å². The first-order valence-corrected chi connectivity index (χ1v) is 8.36. The van der Waals surface area contributed by atoms with Crippen LogP contribution in [0.15, 0.2) is 18.2 Å². The van der Waals surface area contributed by atoms with Gasteiger partial charge >= 0.3 is 6.09 Å². The van der Waals surface area contributed by atoms with Crippen LogP contribution in [0, 0.1) is 6.92 Å². The minimum Gasteiger partial charge on any atom is -0.444 e. The Morgan fingerprint density at radius 1 is 1.22 bits per heavy atom. The van der Waals surface area contributed by atoms with Crippen LogP contribution in [0.25, 0.3) is 0 Å². The molecule has 0 bridgehead atoms. The zero-order chi connectivity index (χ0) is 17.0. The topological polar surface area (TPSA) is 44.8 Å². The highest BCUT2D eigenvalue weighted by Gasteiger charge is 2.18. The van der Waals surface area contributed by atoms with E-state index in [1.165, 1.54) is 5.69 Å². The van der Waals surface area contributed by atoms with Gasteiger partial charge in [0.2, 0.25) is 0 Å². The molecule has 1 saturated heterocycles. The largest absolute Gasteiger partial charge is 0.444 e. The highest BCUT2D eigenvalue weighted by atomic mass is 16.6. The van der Waals surface area contributed by atoms with E-state index >= 15 is 0 Å². The van der Waals surface area contributed by atoms with Crippen molar-refractivity contribution in [3.63, 3.8) is 0 Å². The Bertz CT molecular complexity index is 544. The molecule has 1 aromatic carbocycles. The van der Waals surface area contributed by atoms with Gasteiger partial charge in [-0.05, 0) is 58.0 Å². The fraction of sp³-hybridized carbons (Fsp3) is 0.611. The van der Waals surface area contributed by atoms with Gasteiger partial charge in [-0.2, -0.15) is 0 Å². The predicted octanol–water partition coefficient (Wildman–Crippen LogP) is 3.48. The van der Waals surface area contributed by atoms with Gasteiger partial charge in [0.15, 0.2) is 0 Å². The van der Waals surface area contributed by atoms with Gasteiger partial charge in [-0.15, -0.1) is 0 Å². The Balaban J connectivity index is 1.99. The van der Waals surface area contributed by atoms with Crippen molar-refractivity contribution in [1.29, 1.82) is 0 Å². The van der Waals surface area contributed by atoms with Crippen molar-refractivity contribution in [1.82, 2.24) is 4.90 Å². The number of likely N-dealkylation sites (N-methyl/N-ethyl adjacent to an activating group) is 1. The van der Waals surface area contributed by atoms with Crippen LogP contribution in [0.4, 0.5) is 16.2 Å². The van der Waals surface area contributed by atoms with Gasteiger partial charge in [-0.25, -0.2) is 4.79 Å². The third kappa shape index (κ3) is 5.13. The highest BCUT2D eigenvalue weighted by Crippen LogP contribution is 2.24. The molecular weight excluding hydrogens is 290 g/mol. The number of benzene rings is 1. The van der Waals surface area contributed by atoms with Crippen LogP contribution in [-0.2, 0) is 4.74 Å². The Morgan fingerprint density at radius 3 is 2.39 bits per heavy atom. The number of carbonyl (C=O) groups is 1. The molecule has 0 saturated carbocycles. The standard InChI is InChI=1S/C18H29N3O2/c1-6-20-9-11-21(12-10-20)15-7-8-16(14(2)13-15)19-17(22)23-18(3,4)5/h7-8,13H,6,9-12H2,1-5H3,(H,19,22). The molecule has 0 aromatic heterocycles. The molecule has 0 unspecified atom stereocenters. The molecule has 23 heavy (non-hydrogen) atoms. The number of carbonyl (C=O) groups excluding carboxylic acids is 1. The first kappa shape index (κ1) is 17.6. The Labute approximate surface area is 139 Å². The van der Waals surface area contributed by atoms with Crippen LogP contribution in [-0.4, -0.2) is 49.3 Å². The number of piperazine rings is 1. The SMILES string of the molecule is CCN1CCN(c2ccc(NC(=O)OC(C)(C)C)c(C)c2)CC1. The van der Waals surface area contributed by atoms with Crippen molar-refractivity contribution in [3.8, 4) is 0 Å². The van der Waals surface area contributed by atoms with Crippen molar-refractivity contribution >= 4 is 17.5 Å². The molecule has 5 heteroatoms. The second kappa shape index (κ2) is 7.21. The average Bonchev–Trinajstić information content (AvgIpc) is 2.47. The Hall–Kier alpha value is -1.75. The van der Waals surface area contributed by atoms with Crippen LogP contribution in [0.2, 0.25) is 0 Å². The van der Waals surface area contributed by atoms with E-state index in [0.29, 0.717) is 0 Å². The summed E-state index contributed by atoms with van der Waals surface area (Å²) in [6.07, 6.45) is -0.412. The first-order valence-electron chi connectivity index (χ1n) is 8.36. The minimum atomic E-state index is -0.489. The second-order valence-electron chi connectivity index (χ2n) is 7.05. The molecule has 1 aromatic rings. The van der Waals surface area contributed by atoms with E-state index in [0.717, 1.165) is 44.0 Å². The number of hydrogen-bond donors (Lipinski definition) is 1. The summed E-state index contributed by atoms with van der Waals surface area (Å²) in [5, 5.41) is 2.83. The van der Waals surface area contributed by atoms with Crippen LogP contribution in [0.3, 0.4) is 0 Å². The zero-order valence-corrected chi connectivity index (χ0v) is 15.0. The van der Waals surface area contributed by atoms with Crippen LogP contribution < -0.4 is 10.2 Å². The monoisotopic (exact) mass is 319 g/mol. The van der Waals surface area contributed by atoms with Crippen molar-refractivity contribution < 1.29 is 9.53 Å². The number of anilines is 2. The lowest BCUT2D eigenvalue weighted by Crippen LogP contribution is -2.46. The van der Waals surface area contributed by atoms with E-state index in [9.17, 15) is 4.79 Å². The van der Waals surface area contributed by atoms with E-state index in [-0.39, 0.29) is 0 Å². The highest BCUT2D eigenvalue weighted by molar-refractivity contribution is 5.86. The molecule has 0 aliphatic carbocycles. The van der Waals surface area contributed by atoms with Crippen molar-refractivity contribution in [2.75, 3.05) is 42.9 Å². The van der Waals surface area contributed by atoms with E-state index < -0.39 is 11.7 Å². The summed E-state index contributed by atoms with van der Waals surface area (Å²) >= 11 is 0. The molecule has 0 radical (unpaired) electrons. The lowest BCUT2D eigenvalue weighted by atomic mass is 10.1. The van der Waals surface area contributed by atoms with Crippen molar-refractivity contribution in [3.05, 3.63) is 23.8 Å². The van der Waals surface area contributed by atoms with Gasteiger partial charge in [0.25, 0.3) is 0 Å². The third-order valence-electron chi connectivity index (χ3n) is 4.03. The van der Waals surface area contributed by atoms with Gasteiger partial charge in [0.05, 0.1) is 0 Å². The number of amides is 1. The third-order valence-corrected chi connectivity index (χ3v) is 4.03. The summed E-state index contributed by atoms with van der Waals surface area (Å²) in [6.45, 7) is 15.2. The summed E-state index contributed by atoms with van der Waals surface area (Å²) in [6, 6.07) is 6.16. The number of hydrogen-bond acceptors (Lipinski definition) is 4. The average molecular weight is 319 g/mol. The fourth-order valence-electron chi connectivity index (χ4n) is 2.72. The molecule has 0 spiro atoms. The normalized spacial score (nSPS) is 16.3.